The maximum Gasteiger partial charge on any atom is 0.258 e. The predicted octanol–water partition coefficient (Wildman–Crippen LogP) is 3.27. The lowest BCUT2D eigenvalue weighted by atomic mass is 10.1. The van der Waals surface area contributed by atoms with Crippen molar-refractivity contribution >= 4 is 33.8 Å². The van der Waals surface area contributed by atoms with Crippen molar-refractivity contribution in [2.24, 2.45) is 0 Å². The predicted molar refractivity (Wildman–Crippen MR) is 77.8 cm³/mol. The molecule has 0 aliphatic rings. The van der Waals surface area contributed by atoms with Crippen LogP contribution in [0.2, 0.25) is 0 Å². The van der Waals surface area contributed by atoms with E-state index in [0.29, 0.717) is 11.3 Å². The average Bonchev–Trinajstić information content (AvgIpc) is 2.74. The van der Waals surface area contributed by atoms with Crippen molar-refractivity contribution in [1.82, 2.24) is 0 Å². The van der Waals surface area contributed by atoms with Crippen LogP contribution in [0, 0.1) is 6.92 Å². The number of hydrogen-bond donors (Lipinski definition) is 2. The maximum absolute atomic E-state index is 12.2. The third kappa shape index (κ3) is 3.42. The number of para-hydroxylation sites is 1. The number of aryl methyl sites for hydroxylation is 1. The van der Waals surface area contributed by atoms with E-state index in [1.807, 2.05) is 19.1 Å². The number of amides is 2. The minimum atomic E-state index is -0.230. The Morgan fingerprint density at radius 2 is 1.79 bits per heavy atom. The highest BCUT2D eigenvalue weighted by atomic mass is 32.1. The molecule has 0 atom stereocenters. The van der Waals surface area contributed by atoms with E-state index in [-0.39, 0.29) is 11.8 Å². The first-order chi connectivity index (χ1) is 9.06. The molecule has 0 radical (unpaired) electrons. The van der Waals surface area contributed by atoms with Crippen LogP contribution < -0.4 is 10.6 Å². The number of benzene rings is 1. The number of rotatable bonds is 3. The Kier molecular flexibility index (Phi) is 3.97. The molecule has 1 heterocycles. The van der Waals surface area contributed by atoms with Gasteiger partial charge in [-0.25, -0.2) is 0 Å². The van der Waals surface area contributed by atoms with Crippen LogP contribution in [0.3, 0.4) is 0 Å². The van der Waals surface area contributed by atoms with Crippen LogP contribution in [0.15, 0.2) is 36.4 Å². The Labute approximate surface area is 115 Å². The van der Waals surface area contributed by atoms with Gasteiger partial charge >= 0.3 is 0 Å². The second-order valence-corrected chi connectivity index (χ2v) is 5.38. The Bertz CT molecular complexity index is 619. The van der Waals surface area contributed by atoms with E-state index in [4.69, 9.17) is 0 Å². The van der Waals surface area contributed by atoms with E-state index in [0.717, 1.165) is 9.88 Å². The van der Waals surface area contributed by atoms with Crippen molar-refractivity contribution in [1.29, 1.82) is 0 Å². The molecule has 0 unspecified atom stereocenters. The van der Waals surface area contributed by atoms with Gasteiger partial charge in [0.15, 0.2) is 0 Å². The third-order valence-corrected chi connectivity index (χ3v) is 3.38. The number of thiophene rings is 1. The summed E-state index contributed by atoms with van der Waals surface area (Å²) in [5, 5.41) is 6.26. The fraction of sp³-hybridized carbons (Fsp3) is 0.143. The van der Waals surface area contributed by atoms with Gasteiger partial charge in [0, 0.05) is 11.8 Å². The lowest BCUT2D eigenvalue weighted by molar-refractivity contribution is -0.114. The van der Waals surface area contributed by atoms with Crippen molar-refractivity contribution in [3.63, 3.8) is 0 Å². The molecule has 5 heteroatoms. The van der Waals surface area contributed by atoms with Gasteiger partial charge in [-0.05, 0) is 31.2 Å². The lowest BCUT2D eigenvalue weighted by Gasteiger charge is -2.09. The number of carbonyl (C=O) groups excluding carboxylic acids is 2. The minimum absolute atomic E-state index is 0.202. The Balaban J connectivity index is 2.21. The first kappa shape index (κ1) is 13.3. The third-order valence-electron chi connectivity index (χ3n) is 2.46. The Morgan fingerprint density at radius 1 is 1.05 bits per heavy atom. The summed E-state index contributed by atoms with van der Waals surface area (Å²) >= 11 is 1.51. The molecule has 0 bridgehead atoms. The molecule has 0 saturated carbocycles. The molecule has 2 aromatic rings. The van der Waals surface area contributed by atoms with Crippen LogP contribution in [-0.2, 0) is 4.79 Å². The van der Waals surface area contributed by atoms with Crippen molar-refractivity contribution in [3.8, 4) is 0 Å². The van der Waals surface area contributed by atoms with Crippen molar-refractivity contribution in [2.45, 2.75) is 13.8 Å². The highest BCUT2D eigenvalue weighted by Crippen LogP contribution is 2.23. The van der Waals surface area contributed by atoms with E-state index >= 15 is 0 Å². The minimum Gasteiger partial charge on any atom is -0.326 e. The van der Waals surface area contributed by atoms with Gasteiger partial charge in [0.25, 0.3) is 5.91 Å². The molecular weight excluding hydrogens is 260 g/mol. The maximum atomic E-state index is 12.2. The highest BCUT2D eigenvalue weighted by molar-refractivity contribution is 7.16. The average molecular weight is 274 g/mol. The van der Waals surface area contributed by atoms with Crippen LogP contribution in [0.5, 0.6) is 0 Å². The van der Waals surface area contributed by atoms with Gasteiger partial charge < -0.3 is 10.6 Å². The molecule has 0 spiro atoms. The van der Waals surface area contributed by atoms with Crippen molar-refractivity contribution < 1.29 is 9.59 Å². The summed E-state index contributed by atoms with van der Waals surface area (Å²) in [6.07, 6.45) is 0. The molecule has 0 fully saturated rings. The van der Waals surface area contributed by atoms with E-state index in [1.54, 1.807) is 24.3 Å². The number of hydrogen-bond acceptors (Lipinski definition) is 3. The van der Waals surface area contributed by atoms with Gasteiger partial charge in [-0.3, -0.25) is 9.59 Å². The summed E-state index contributed by atoms with van der Waals surface area (Å²) in [5.41, 5.74) is 0.963. The topological polar surface area (TPSA) is 58.2 Å². The summed E-state index contributed by atoms with van der Waals surface area (Å²) in [6, 6.07) is 10.7. The molecule has 4 nitrogen and oxygen atoms in total. The number of carbonyl (C=O) groups is 2. The molecular formula is C14H14N2O2S. The van der Waals surface area contributed by atoms with Crippen molar-refractivity contribution in [3.05, 3.63) is 46.8 Å². The Morgan fingerprint density at radius 3 is 2.42 bits per heavy atom. The second kappa shape index (κ2) is 5.67. The molecule has 0 aliphatic carbocycles. The zero-order valence-electron chi connectivity index (χ0n) is 10.7. The first-order valence-electron chi connectivity index (χ1n) is 5.80. The van der Waals surface area contributed by atoms with Gasteiger partial charge in [-0.15, -0.1) is 11.3 Å². The zero-order valence-corrected chi connectivity index (χ0v) is 11.5. The molecule has 2 N–H and O–H groups in total. The number of nitrogens with one attached hydrogen (secondary N) is 2. The summed E-state index contributed by atoms with van der Waals surface area (Å²) in [7, 11) is 0. The molecule has 98 valence electrons. The summed E-state index contributed by atoms with van der Waals surface area (Å²) in [4.78, 5) is 24.4. The van der Waals surface area contributed by atoms with Crippen LogP contribution in [-0.4, -0.2) is 11.8 Å². The summed E-state index contributed by atoms with van der Waals surface area (Å²) in [6.45, 7) is 3.39. The molecule has 1 aromatic carbocycles. The second-order valence-electron chi connectivity index (χ2n) is 4.09. The standard InChI is InChI=1S/C14H14N2O2S/c1-9-7-8-13(19-9)16-14(18)11-5-3-4-6-12(11)15-10(2)17/h3-8H,1-2H3,(H,15,17)(H,16,18). The number of anilines is 2. The quantitative estimate of drug-likeness (QED) is 0.902. The Hall–Kier alpha value is -2.14. The lowest BCUT2D eigenvalue weighted by Crippen LogP contribution is -2.15. The smallest absolute Gasteiger partial charge is 0.258 e. The fourth-order valence-electron chi connectivity index (χ4n) is 1.66. The van der Waals surface area contributed by atoms with Gasteiger partial charge in [0.1, 0.15) is 0 Å². The molecule has 19 heavy (non-hydrogen) atoms. The first-order valence-corrected chi connectivity index (χ1v) is 6.62. The molecule has 0 aliphatic heterocycles. The molecule has 0 saturated heterocycles. The largest absolute Gasteiger partial charge is 0.326 e. The van der Waals surface area contributed by atoms with Crippen LogP contribution in [0.4, 0.5) is 10.7 Å². The van der Waals surface area contributed by atoms with Gasteiger partial charge in [0.05, 0.1) is 16.3 Å². The highest BCUT2D eigenvalue weighted by Gasteiger charge is 2.12. The van der Waals surface area contributed by atoms with Crippen LogP contribution >= 0.6 is 11.3 Å². The monoisotopic (exact) mass is 274 g/mol. The van der Waals surface area contributed by atoms with Gasteiger partial charge in [0.2, 0.25) is 5.91 Å². The van der Waals surface area contributed by atoms with E-state index < -0.39 is 0 Å². The summed E-state index contributed by atoms with van der Waals surface area (Å²) < 4.78 is 0. The molecule has 1 aromatic heterocycles. The van der Waals surface area contributed by atoms with Gasteiger partial charge in [-0.1, -0.05) is 12.1 Å². The van der Waals surface area contributed by atoms with E-state index in [2.05, 4.69) is 10.6 Å². The van der Waals surface area contributed by atoms with E-state index in [9.17, 15) is 9.59 Å². The molecule has 2 amide bonds. The normalized spacial score (nSPS) is 10.0. The van der Waals surface area contributed by atoms with Crippen LogP contribution in [0.25, 0.3) is 0 Å². The zero-order chi connectivity index (χ0) is 13.8. The van der Waals surface area contributed by atoms with Gasteiger partial charge in [-0.2, -0.15) is 0 Å². The molecule has 2 rings (SSSR count). The SMILES string of the molecule is CC(=O)Nc1ccccc1C(=O)Nc1ccc(C)s1. The van der Waals surface area contributed by atoms with Crippen LogP contribution in [0.1, 0.15) is 22.2 Å². The summed E-state index contributed by atoms with van der Waals surface area (Å²) in [5.74, 6) is -0.432. The van der Waals surface area contributed by atoms with Crippen molar-refractivity contribution in [2.75, 3.05) is 10.6 Å². The van der Waals surface area contributed by atoms with E-state index in [1.165, 1.54) is 18.3 Å². The fourth-order valence-corrected chi connectivity index (χ4v) is 2.42.